The van der Waals surface area contributed by atoms with Gasteiger partial charge < -0.3 is 14.3 Å². The van der Waals surface area contributed by atoms with Crippen molar-refractivity contribution in [2.24, 2.45) is 0 Å². The number of aryl methyl sites for hydroxylation is 1. The highest BCUT2D eigenvalue weighted by Gasteiger charge is 2.31. The molecule has 0 aliphatic carbocycles. The van der Waals surface area contributed by atoms with Gasteiger partial charge in [0, 0.05) is 10.8 Å². The third-order valence-corrected chi connectivity index (χ3v) is 5.50. The molecule has 0 amide bonds. The van der Waals surface area contributed by atoms with Gasteiger partial charge >= 0.3 is 5.97 Å². The Labute approximate surface area is 159 Å². The summed E-state index contributed by atoms with van der Waals surface area (Å²) in [7, 11) is 0. The van der Waals surface area contributed by atoms with E-state index in [2.05, 4.69) is 32.0 Å². The first kappa shape index (κ1) is 19.0. The number of carbonyl (C=O) groups excluding carboxylic acids is 1. The second kappa shape index (κ2) is 7.47. The predicted octanol–water partition coefficient (Wildman–Crippen LogP) is 5.73. The van der Waals surface area contributed by atoms with Crippen LogP contribution in [-0.4, -0.2) is 17.7 Å². The number of ether oxygens (including phenoxy) is 1. The van der Waals surface area contributed by atoms with E-state index < -0.39 is 5.97 Å². The molecule has 0 atom stereocenters. The van der Waals surface area contributed by atoms with Crippen LogP contribution in [0.2, 0.25) is 0 Å². The van der Waals surface area contributed by atoms with Gasteiger partial charge in [-0.2, -0.15) is 0 Å². The molecule has 0 aliphatic rings. The average Bonchev–Trinajstić information content (AvgIpc) is 3.10. The number of carbonyl (C=O) groups is 1. The number of rotatable bonds is 6. The number of phenols is 1. The van der Waals surface area contributed by atoms with Gasteiger partial charge in [0.15, 0.2) is 0 Å². The van der Waals surface area contributed by atoms with Crippen molar-refractivity contribution in [2.45, 2.75) is 46.0 Å². The fourth-order valence-electron chi connectivity index (χ4n) is 3.83. The Morgan fingerprint density at radius 1 is 1.04 bits per heavy atom. The van der Waals surface area contributed by atoms with Crippen LogP contribution in [0.1, 0.15) is 60.9 Å². The molecule has 4 nitrogen and oxygen atoms in total. The first-order valence-electron chi connectivity index (χ1n) is 9.46. The smallest absolute Gasteiger partial charge is 0.374 e. The van der Waals surface area contributed by atoms with E-state index in [0.29, 0.717) is 17.9 Å². The molecule has 0 aliphatic heterocycles. The maximum Gasteiger partial charge on any atom is 0.374 e. The summed E-state index contributed by atoms with van der Waals surface area (Å²) in [5.74, 6) is 0.0916. The topological polar surface area (TPSA) is 59.7 Å². The number of esters is 1. The van der Waals surface area contributed by atoms with Crippen molar-refractivity contribution in [3.05, 3.63) is 64.9 Å². The number of phenolic OH excluding ortho intramolecular Hbond substituents is 1. The Morgan fingerprint density at radius 3 is 2.33 bits per heavy atom. The molecule has 0 unspecified atom stereocenters. The Morgan fingerprint density at radius 2 is 1.70 bits per heavy atom. The van der Waals surface area contributed by atoms with E-state index >= 15 is 0 Å². The number of benzene rings is 2. The highest BCUT2D eigenvalue weighted by molar-refractivity contribution is 5.92. The van der Waals surface area contributed by atoms with Gasteiger partial charge in [0.2, 0.25) is 5.76 Å². The molecule has 2 aromatic carbocycles. The fraction of sp³-hybridized carbons (Fsp3) is 0.348. The van der Waals surface area contributed by atoms with E-state index in [0.717, 1.165) is 23.8 Å². The first-order chi connectivity index (χ1) is 12.9. The highest BCUT2D eigenvalue weighted by atomic mass is 16.5. The number of hydrogen-bond donors (Lipinski definition) is 1. The van der Waals surface area contributed by atoms with Crippen molar-refractivity contribution in [1.29, 1.82) is 0 Å². The second-order valence-electron chi connectivity index (χ2n) is 6.87. The number of fused-ring (bicyclic) bond motifs is 1. The van der Waals surface area contributed by atoms with Crippen LogP contribution in [0.3, 0.4) is 0 Å². The summed E-state index contributed by atoms with van der Waals surface area (Å²) in [5.41, 5.74) is 3.71. The number of aromatic hydroxyl groups is 1. The Balaban J connectivity index is 2.11. The molecule has 4 heteroatoms. The zero-order chi connectivity index (χ0) is 19.6. The molecule has 3 rings (SSSR count). The summed E-state index contributed by atoms with van der Waals surface area (Å²) in [4.78, 5) is 12.0. The van der Waals surface area contributed by atoms with E-state index in [9.17, 15) is 9.90 Å². The molecule has 1 N–H and O–H groups in total. The van der Waals surface area contributed by atoms with Crippen LogP contribution < -0.4 is 0 Å². The molecular formula is C23H26O4. The van der Waals surface area contributed by atoms with Crippen molar-refractivity contribution in [2.75, 3.05) is 6.61 Å². The molecule has 0 spiro atoms. The third-order valence-electron chi connectivity index (χ3n) is 5.50. The molecule has 0 bridgehead atoms. The molecule has 0 radical (unpaired) electrons. The summed E-state index contributed by atoms with van der Waals surface area (Å²) in [5, 5.41) is 10.8. The molecule has 0 fully saturated rings. The molecule has 0 saturated carbocycles. The van der Waals surface area contributed by atoms with E-state index in [1.807, 2.05) is 19.1 Å². The van der Waals surface area contributed by atoms with Gasteiger partial charge in [-0.3, -0.25) is 0 Å². The lowest BCUT2D eigenvalue weighted by Crippen LogP contribution is -2.26. The van der Waals surface area contributed by atoms with Crippen LogP contribution in [-0.2, 0) is 10.2 Å². The minimum Gasteiger partial charge on any atom is -0.508 e. The molecule has 27 heavy (non-hydrogen) atoms. The monoisotopic (exact) mass is 366 g/mol. The predicted molar refractivity (Wildman–Crippen MR) is 106 cm³/mol. The Kier molecular flexibility index (Phi) is 5.26. The van der Waals surface area contributed by atoms with Crippen LogP contribution in [0, 0.1) is 6.92 Å². The van der Waals surface area contributed by atoms with E-state index in [1.54, 1.807) is 19.1 Å². The Hall–Kier alpha value is -2.75. The lowest BCUT2D eigenvalue weighted by molar-refractivity contribution is 0.0492. The quantitative estimate of drug-likeness (QED) is 0.566. The van der Waals surface area contributed by atoms with Crippen LogP contribution in [0.5, 0.6) is 5.75 Å². The zero-order valence-corrected chi connectivity index (χ0v) is 16.3. The van der Waals surface area contributed by atoms with Crippen LogP contribution in [0.15, 0.2) is 46.9 Å². The summed E-state index contributed by atoms with van der Waals surface area (Å²) in [6, 6.07) is 13.6. The fourth-order valence-corrected chi connectivity index (χ4v) is 3.83. The van der Waals surface area contributed by atoms with Crippen LogP contribution in [0.25, 0.3) is 11.0 Å². The van der Waals surface area contributed by atoms with Gasteiger partial charge in [-0.15, -0.1) is 0 Å². The van der Waals surface area contributed by atoms with Gasteiger partial charge in [0.25, 0.3) is 0 Å². The molecule has 3 aromatic rings. The van der Waals surface area contributed by atoms with Gasteiger partial charge in [0.1, 0.15) is 11.3 Å². The molecule has 1 heterocycles. The first-order valence-corrected chi connectivity index (χ1v) is 9.46. The van der Waals surface area contributed by atoms with Crippen molar-refractivity contribution in [1.82, 2.24) is 0 Å². The third kappa shape index (κ3) is 3.32. The van der Waals surface area contributed by atoms with E-state index in [-0.39, 0.29) is 11.2 Å². The van der Waals surface area contributed by atoms with E-state index in [4.69, 9.17) is 9.15 Å². The minimum atomic E-state index is -0.443. The summed E-state index contributed by atoms with van der Waals surface area (Å²) in [6.07, 6.45) is 1.84. The lowest BCUT2D eigenvalue weighted by Gasteiger charge is -2.33. The zero-order valence-electron chi connectivity index (χ0n) is 16.3. The standard InChI is InChI=1S/C23H26O4/c1-5-23(6-2,17-8-10-19(24)15(4)12-17)18-9-11-20-16(13-18)14-21(27-20)22(25)26-7-3/h8-14,24H,5-7H2,1-4H3. The maximum atomic E-state index is 12.0. The lowest BCUT2D eigenvalue weighted by atomic mass is 9.70. The summed E-state index contributed by atoms with van der Waals surface area (Å²) >= 11 is 0. The molecular weight excluding hydrogens is 340 g/mol. The maximum absolute atomic E-state index is 12.0. The molecule has 0 saturated heterocycles. The van der Waals surface area contributed by atoms with Crippen molar-refractivity contribution in [3.63, 3.8) is 0 Å². The number of furan rings is 1. The van der Waals surface area contributed by atoms with E-state index in [1.165, 1.54) is 11.1 Å². The van der Waals surface area contributed by atoms with Crippen LogP contribution >= 0.6 is 0 Å². The van der Waals surface area contributed by atoms with Crippen molar-refractivity contribution >= 4 is 16.9 Å². The molecule has 1 aromatic heterocycles. The van der Waals surface area contributed by atoms with Gasteiger partial charge in [-0.05, 0) is 67.6 Å². The number of hydrogen-bond acceptors (Lipinski definition) is 4. The highest BCUT2D eigenvalue weighted by Crippen LogP contribution is 2.41. The molecule has 142 valence electrons. The van der Waals surface area contributed by atoms with Gasteiger partial charge in [-0.1, -0.05) is 32.0 Å². The SMILES string of the molecule is CCOC(=O)c1cc2cc(C(CC)(CC)c3ccc(O)c(C)c3)ccc2o1. The largest absolute Gasteiger partial charge is 0.508 e. The van der Waals surface area contributed by atoms with Crippen LogP contribution in [0.4, 0.5) is 0 Å². The average molecular weight is 366 g/mol. The van der Waals surface area contributed by atoms with Crippen molar-refractivity contribution < 1.29 is 19.1 Å². The second-order valence-corrected chi connectivity index (χ2v) is 6.87. The Bertz CT molecular complexity index is 964. The minimum absolute atomic E-state index is 0.173. The van der Waals surface area contributed by atoms with Gasteiger partial charge in [-0.25, -0.2) is 4.79 Å². The summed E-state index contributed by atoms with van der Waals surface area (Å²) in [6.45, 7) is 8.36. The summed E-state index contributed by atoms with van der Waals surface area (Å²) < 4.78 is 10.7. The normalized spacial score (nSPS) is 11.7. The van der Waals surface area contributed by atoms with Crippen molar-refractivity contribution in [3.8, 4) is 5.75 Å². The van der Waals surface area contributed by atoms with Gasteiger partial charge in [0.05, 0.1) is 6.61 Å².